The lowest BCUT2D eigenvalue weighted by atomic mass is 10.0. The van der Waals surface area contributed by atoms with Crippen molar-refractivity contribution in [2.45, 2.75) is 19.4 Å². The van der Waals surface area contributed by atoms with Crippen LogP contribution in [0.3, 0.4) is 0 Å². The van der Waals surface area contributed by atoms with E-state index in [4.69, 9.17) is 11.6 Å². The van der Waals surface area contributed by atoms with Crippen LogP contribution in [0.15, 0.2) is 42.5 Å². The SMILES string of the molecule is Cc1cc(Cl)ccc1NC(=O)C[C@@H](NS(C)(=O)=O)c1ccc(F)cc1. The first-order valence-corrected chi connectivity index (χ1v) is 9.70. The zero-order chi connectivity index (χ0) is 18.6. The summed E-state index contributed by atoms with van der Waals surface area (Å²) >= 11 is 5.88. The number of sulfonamides is 1. The van der Waals surface area contributed by atoms with Gasteiger partial charge in [0.25, 0.3) is 0 Å². The van der Waals surface area contributed by atoms with Crippen molar-refractivity contribution in [2.24, 2.45) is 0 Å². The van der Waals surface area contributed by atoms with E-state index < -0.39 is 21.9 Å². The van der Waals surface area contributed by atoms with E-state index in [0.717, 1.165) is 11.8 Å². The minimum absolute atomic E-state index is 0.138. The first-order valence-electron chi connectivity index (χ1n) is 7.43. The molecule has 0 aromatic heterocycles. The minimum Gasteiger partial charge on any atom is -0.326 e. The summed E-state index contributed by atoms with van der Waals surface area (Å²) in [7, 11) is -3.56. The van der Waals surface area contributed by atoms with Gasteiger partial charge in [0.15, 0.2) is 0 Å². The quantitative estimate of drug-likeness (QED) is 0.801. The van der Waals surface area contributed by atoms with Gasteiger partial charge in [-0.05, 0) is 48.4 Å². The summed E-state index contributed by atoms with van der Waals surface area (Å²) in [4.78, 5) is 12.3. The third-order valence-electron chi connectivity index (χ3n) is 3.48. The maximum atomic E-state index is 13.1. The zero-order valence-corrected chi connectivity index (χ0v) is 15.3. The van der Waals surface area contributed by atoms with Crippen LogP contribution in [0, 0.1) is 12.7 Å². The average Bonchev–Trinajstić information content (AvgIpc) is 2.49. The molecular formula is C17H18ClFN2O3S. The molecule has 0 aliphatic carbocycles. The second-order valence-electron chi connectivity index (χ2n) is 5.71. The molecule has 0 aliphatic rings. The molecule has 0 bridgehead atoms. The number of rotatable bonds is 6. The van der Waals surface area contributed by atoms with Gasteiger partial charge in [0.2, 0.25) is 15.9 Å². The number of nitrogens with one attached hydrogen (secondary N) is 2. The molecule has 2 rings (SSSR count). The molecule has 0 saturated heterocycles. The van der Waals surface area contributed by atoms with E-state index in [1.165, 1.54) is 24.3 Å². The average molecular weight is 385 g/mol. The summed E-state index contributed by atoms with van der Waals surface area (Å²) in [5.41, 5.74) is 1.87. The highest BCUT2D eigenvalue weighted by Gasteiger charge is 2.20. The van der Waals surface area contributed by atoms with Crippen molar-refractivity contribution in [1.29, 1.82) is 0 Å². The van der Waals surface area contributed by atoms with Crippen LogP contribution in [-0.4, -0.2) is 20.6 Å². The minimum atomic E-state index is -3.56. The smallest absolute Gasteiger partial charge is 0.226 e. The molecule has 0 aliphatic heterocycles. The Morgan fingerprint density at radius 2 is 1.84 bits per heavy atom. The van der Waals surface area contributed by atoms with Crippen molar-refractivity contribution in [1.82, 2.24) is 4.72 Å². The molecule has 0 heterocycles. The van der Waals surface area contributed by atoms with E-state index in [-0.39, 0.29) is 12.3 Å². The molecule has 2 aromatic carbocycles. The molecule has 1 atom stereocenters. The summed E-state index contributed by atoms with van der Waals surface area (Å²) in [5, 5.41) is 3.28. The van der Waals surface area contributed by atoms with Crippen molar-refractivity contribution in [3.8, 4) is 0 Å². The number of anilines is 1. The predicted octanol–water partition coefficient (Wildman–Crippen LogP) is 3.41. The molecule has 1 amide bonds. The summed E-state index contributed by atoms with van der Waals surface area (Å²) in [5.74, 6) is -0.820. The number of aryl methyl sites for hydroxylation is 1. The molecule has 2 aromatic rings. The number of carbonyl (C=O) groups is 1. The van der Waals surface area contributed by atoms with Crippen LogP contribution >= 0.6 is 11.6 Å². The van der Waals surface area contributed by atoms with Crippen LogP contribution in [0.1, 0.15) is 23.6 Å². The van der Waals surface area contributed by atoms with Crippen LogP contribution in [0.4, 0.5) is 10.1 Å². The maximum Gasteiger partial charge on any atom is 0.226 e. The van der Waals surface area contributed by atoms with E-state index in [9.17, 15) is 17.6 Å². The standard InChI is InChI=1S/C17H18ClFN2O3S/c1-11-9-13(18)5-8-15(11)20-17(22)10-16(21-25(2,23)24)12-3-6-14(19)7-4-12/h3-9,16,21H,10H2,1-2H3,(H,20,22)/t16-/m1/s1. The fourth-order valence-corrected chi connectivity index (χ4v) is 3.30. The normalized spacial score (nSPS) is 12.6. The van der Waals surface area contributed by atoms with Gasteiger partial charge in [0.05, 0.1) is 12.3 Å². The number of halogens is 2. The van der Waals surface area contributed by atoms with E-state index in [0.29, 0.717) is 16.3 Å². The molecule has 0 fully saturated rings. The first kappa shape index (κ1) is 19.4. The molecule has 0 spiro atoms. The van der Waals surface area contributed by atoms with Crippen molar-refractivity contribution in [3.05, 3.63) is 64.4 Å². The summed E-state index contributed by atoms with van der Waals surface area (Å²) in [6.07, 6.45) is 0.867. The van der Waals surface area contributed by atoms with Gasteiger partial charge in [-0.1, -0.05) is 23.7 Å². The van der Waals surface area contributed by atoms with Crippen LogP contribution in [0.25, 0.3) is 0 Å². The number of amides is 1. The van der Waals surface area contributed by atoms with Crippen LogP contribution in [-0.2, 0) is 14.8 Å². The Labute approximate surface area is 151 Å². The molecule has 0 unspecified atom stereocenters. The monoisotopic (exact) mass is 384 g/mol. The van der Waals surface area contributed by atoms with Gasteiger partial charge in [-0.15, -0.1) is 0 Å². The van der Waals surface area contributed by atoms with Gasteiger partial charge < -0.3 is 5.32 Å². The Kier molecular flexibility index (Phi) is 6.16. The van der Waals surface area contributed by atoms with Gasteiger partial charge in [0, 0.05) is 17.1 Å². The Bertz CT molecular complexity index is 870. The number of benzene rings is 2. The number of hydrogen-bond acceptors (Lipinski definition) is 3. The van der Waals surface area contributed by atoms with E-state index in [2.05, 4.69) is 10.0 Å². The second kappa shape index (κ2) is 7.95. The molecular weight excluding hydrogens is 367 g/mol. The van der Waals surface area contributed by atoms with Crippen LogP contribution in [0.2, 0.25) is 5.02 Å². The van der Waals surface area contributed by atoms with Crippen LogP contribution in [0.5, 0.6) is 0 Å². The van der Waals surface area contributed by atoms with Gasteiger partial charge in [-0.3, -0.25) is 4.79 Å². The highest BCUT2D eigenvalue weighted by atomic mass is 35.5. The third kappa shape index (κ3) is 6.12. The fourth-order valence-electron chi connectivity index (χ4n) is 2.34. The van der Waals surface area contributed by atoms with E-state index in [1.807, 2.05) is 0 Å². The second-order valence-corrected chi connectivity index (χ2v) is 7.92. The molecule has 0 saturated carbocycles. The predicted molar refractivity (Wildman–Crippen MR) is 96.6 cm³/mol. The Morgan fingerprint density at radius 3 is 2.40 bits per heavy atom. The van der Waals surface area contributed by atoms with Gasteiger partial charge in [0.1, 0.15) is 5.82 Å². The van der Waals surface area contributed by atoms with E-state index >= 15 is 0 Å². The summed E-state index contributed by atoms with van der Waals surface area (Å²) < 4.78 is 38.7. The lowest BCUT2D eigenvalue weighted by molar-refractivity contribution is -0.116. The molecule has 8 heteroatoms. The highest BCUT2D eigenvalue weighted by molar-refractivity contribution is 7.88. The molecule has 0 radical (unpaired) electrons. The van der Waals surface area contributed by atoms with Crippen LogP contribution < -0.4 is 10.0 Å². The first-order chi connectivity index (χ1) is 11.6. The molecule has 2 N–H and O–H groups in total. The summed E-state index contributed by atoms with van der Waals surface area (Å²) in [6.45, 7) is 1.80. The summed E-state index contributed by atoms with van der Waals surface area (Å²) in [6, 6.07) is 9.55. The van der Waals surface area contributed by atoms with Crippen molar-refractivity contribution in [2.75, 3.05) is 11.6 Å². The Morgan fingerprint density at radius 1 is 1.20 bits per heavy atom. The molecule has 25 heavy (non-hydrogen) atoms. The fraction of sp³-hybridized carbons (Fsp3) is 0.235. The van der Waals surface area contributed by atoms with Gasteiger partial charge in [-0.2, -0.15) is 0 Å². The molecule has 5 nitrogen and oxygen atoms in total. The highest BCUT2D eigenvalue weighted by Crippen LogP contribution is 2.22. The lowest BCUT2D eigenvalue weighted by Crippen LogP contribution is -2.30. The number of hydrogen-bond donors (Lipinski definition) is 2. The van der Waals surface area contributed by atoms with E-state index in [1.54, 1.807) is 25.1 Å². The third-order valence-corrected chi connectivity index (χ3v) is 4.43. The largest absolute Gasteiger partial charge is 0.326 e. The number of carbonyl (C=O) groups excluding carboxylic acids is 1. The Balaban J connectivity index is 2.17. The van der Waals surface area contributed by atoms with Crippen molar-refractivity contribution in [3.63, 3.8) is 0 Å². The van der Waals surface area contributed by atoms with Crippen molar-refractivity contribution >= 4 is 33.2 Å². The zero-order valence-electron chi connectivity index (χ0n) is 13.7. The van der Waals surface area contributed by atoms with Gasteiger partial charge in [-0.25, -0.2) is 17.5 Å². The maximum absolute atomic E-state index is 13.1. The molecule has 134 valence electrons. The Hall–Kier alpha value is -1.96. The van der Waals surface area contributed by atoms with Crippen molar-refractivity contribution < 1.29 is 17.6 Å². The topological polar surface area (TPSA) is 75.3 Å². The van der Waals surface area contributed by atoms with Gasteiger partial charge >= 0.3 is 0 Å². The lowest BCUT2D eigenvalue weighted by Gasteiger charge is -2.18.